The van der Waals surface area contributed by atoms with Gasteiger partial charge < -0.3 is 24.5 Å². The largest absolute Gasteiger partial charge is 0.493 e. The van der Waals surface area contributed by atoms with E-state index in [9.17, 15) is 4.79 Å². The van der Waals surface area contributed by atoms with E-state index in [1.165, 1.54) is 0 Å². The first-order chi connectivity index (χ1) is 12.7. The fraction of sp³-hybridized carbons (Fsp3) is 0.250. The molecule has 2 amide bonds. The Kier molecular flexibility index (Phi) is 4.39. The molecule has 1 aliphatic heterocycles. The highest BCUT2D eigenvalue weighted by atomic mass is 16.5. The Morgan fingerprint density at radius 3 is 3.08 bits per heavy atom. The molecule has 0 aliphatic carbocycles. The number of fused-ring (bicyclic) bond motifs is 2. The van der Waals surface area contributed by atoms with E-state index in [0.29, 0.717) is 19.6 Å². The molecule has 134 valence electrons. The molecule has 1 aliphatic rings. The second-order valence-corrected chi connectivity index (χ2v) is 6.28. The first-order valence-electron chi connectivity index (χ1n) is 8.52. The Balaban J connectivity index is 1.33. The third-order valence-corrected chi connectivity index (χ3v) is 4.48. The van der Waals surface area contributed by atoms with Gasteiger partial charge in [0.2, 0.25) is 0 Å². The highest BCUT2D eigenvalue weighted by Crippen LogP contribution is 2.34. The lowest BCUT2D eigenvalue weighted by atomic mass is 10.0. The van der Waals surface area contributed by atoms with Crippen LogP contribution in [0.15, 0.2) is 53.1 Å². The summed E-state index contributed by atoms with van der Waals surface area (Å²) >= 11 is 0. The van der Waals surface area contributed by atoms with E-state index in [2.05, 4.69) is 10.6 Å². The summed E-state index contributed by atoms with van der Waals surface area (Å²) in [6.07, 6.45) is 2.37. The van der Waals surface area contributed by atoms with Crippen LogP contribution in [-0.4, -0.2) is 25.8 Å². The maximum absolute atomic E-state index is 12.2. The minimum absolute atomic E-state index is 0.0778. The van der Waals surface area contributed by atoms with E-state index in [0.717, 1.165) is 33.6 Å². The van der Waals surface area contributed by atoms with E-state index in [1.807, 2.05) is 42.5 Å². The van der Waals surface area contributed by atoms with Gasteiger partial charge in [0.15, 0.2) is 11.5 Å². The summed E-state index contributed by atoms with van der Waals surface area (Å²) in [4.78, 5) is 12.2. The predicted molar refractivity (Wildman–Crippen MR) is 97.6 cm³/mol. The monoisotopic (exact) mass is 352 g/mol. The number of nitrogens with one attached hydrogen (secondary N) is 2. The molecule has 4 rings (SSSR count). The van der Waals surface area contributed by atoms with Crippen molar-refractivity contribution in [3.05, 3.63) is 59.9 Å². The lowest BCUT2D eigenvalue weighted by molar-refractivity contribution is 0.210. The number of amides is 2. The topological polar surface area (TPSA) is 72.7 Å². The van der Waals surface area contributed by atoms with Gasteiger partial charge in [0, 0.05) is 17.5 Å². The Labute approximate surface area is 151 Å². The first-order valence-corrected chi connectivity index (χ1v) is 8.52. The number of ether oxygens (including phenoxy) is 2. The van der Waals surface area contributed by atoms with Crippen molar-refractivity contribution >= 4 is 17.0 Å². The van der Waals surface area contributed by atoms with E-state index >= 15 is 0 Å². The molecule has 26 heavy (non-hydrogen) atoms. The normalized spacial score (nSPS) is 15.8. The second-order valence-electron chi connectivity index (χ2n) is 6.28. The number of carbonyl (C=O) groups is 1. The van der Waals surface area contributed by atoms with Crippen LogP contribution in [0.25, 0.3) is 11.0 Å². The molecule has 2 N–H and O–H groups in total. The Morgan fingerprint density at radius 2 is 2.19 bits per heavy atom. The molecule has 2 heterocycles. The van der Waals surface area contributed by atoms with Crippen LogP contribution < -0.4 is 20.1 Å². The van der Waals surface area contributed by atoms with Crippen molar-refractivity contribution in [1.29, 1.82) is 0 Å². The van der Waals surface area contributed by atoms with Crippen LogP contribution in [0.1, 0.15) is 11.1 Å². The summed E-state index contributed by atoms with van der Waals surface area (Å²) in [5, 5.41) is 6.88. The quantitative estimate of drug-likeness (QED) is 0.756. The van der Waals surface area contributed by atoms with E-state index in [1.54, 1.807) is 13.4 Å². The van der Waals surface area contributed by atoms with Crippen molar-refractivity contribution in [2.45, 2.75) is 19.0 Å². The van der Waals surface area contributed by atoms with Crippen molar-refractivity contribution < 1.29 is 18.7 Å². The van der Waals surface area contributed by atoms with Crippen LogP contribution in [-0.2, 0) is 13.0 Å². The zero-order chi connectivity index (χ0) is 17.9. The van der Waals surface area contributed by atoms with Gasteiger partial charge in [-0.3, -0.25) is 0 Å². The molecule has 6 heteroatoms. The van der Waals surface area contributed by atoms with Crippen molar-refractivity contribution in [3.8, 4) is 11.5 Å². The van der Waals surface area contributed by atoms with Crippen LogP contribution in [0.3, 0.4) is 0 Å². The van der Waals surface area contributed by atoms with Gasteiger partial charge in [0.05, 0.1) is 19.4 Å². The molecule has 0 saturated heterocycles. The Hall–Kier alpha value is -3.15. The maximum Gasteiger partial charge on any atom is 0.315 e. The number of carbonyl (C=O) groups excluding carboxylic acids is 1. The van der Waals surface area contributed by atoms with Crippen LogP contribution in [0, 0.1) is 0 Å². The Morgan fingerprint density at radius 1 is 1.27 bits per heavy atom. The molecule has 6 nitrogen and oxygen atoms in total. The van der Waals surface area contributed by atoms with Crippen LogP contribution in [0.4, 0.5) is 4.79 Å². The third kappa shape index (κ3) is 3.31. The van der Waals surface area contributed by atoms with Crippen molar-refractivity contribution in [2.75, 3.05) is 13.7 Å². The minimum Gasteiger partial charge on any atom is -0.493 e. The highest BCUT2D eigenvalue weighted by Gasteiger charge is 2.23. The second kappa shape index (κ2) is 7.00. The molecular weight excluding hydrogens is 332 g/mol. The van der Waals surface area contributed by atoms with E-state index < -0.39 is 0 Å². The molecular formula is C20H20N2O4. The van der Waals surface area contributed by atoms with Gasteiger partial charge in [0.25, 0.3) is 0 Å². The highest BCUT2D eigenvalue weighted by molar-refractivity contribution is 5.78. The molecule has 3 aromatic rings. The lowest BCUT2D eigenvalue weighted by Crippen LogP contribution is -2.47. The zero-order valence-corrected chi connectivity index (χ0v) is 14.5. The molecule has 1 aromatic heterocycles. The molecule has 0 radical (unpaired) electrons. The number of rotatable bonds is 4. The molecule has 0 saturated carbocycles. The summed E-state index contributed by atoms with van der Waals surface area (Å²) in [6, 6.07) is 13.3. The maximum atomic E-state index is 12.2. The summed E-state index contributed by atoms with van der Waals surface area (Å²) < 4.78 is 16.4. The number of benzene rings is 2. The SMILES string of the molecule is COc1cccc2c1OCC(NC(=O)NCc1ccc3occc3c1)C2. The Bertz CT molecular complexity index is 934. The minimum atomic E-state index is -0.211. The summed E-state index contributed by atoms with van der Waals surface area (Å²) in [5.74, 6) is 1.49. The molecule has 0 fully saturated rings. The number of para-hydroxylation sites is 1. The smallest absolute Gasteiger partial charge is 0.315 e. The zero-order valence-electron chi connectivity index (χ0n) is 14.5. The summed E-state index contributed by atoms with van der Waals surface area (Å²) in [5.41, 5.74) is 2.89. The van der Waals surface area contributed by atoms with Gasteiger partial charge in [0.1, 0.15) is 12.2 Å². The number of urea groups is 1. The van der Waals surface area contributed by atoms with Crippen molar-refractivity contribution in [3.63, 3.8) is 0 Å². The standard InChI is InChI=1S/C20H20N2O4/c1-24-18-4-2-3-15-10-16(12-26-19(15)18)22-20(23)21-11-13-5-6-17-14(9-13)7-8-25-17/h2-9,16H,10-12H2,1H3,(H2,21,22,23). The van der Waals surface area contributed by atoms with E-state index in [-0.39, 0.29) is 12.1 Å². The van der Waals surface area contributed by atoms with E-state index in [4.69, 9.17) is 13.9 Å². The number of hydrogen-bond acceptors (Lipinski definition) is 4. The fourth-order valence-electron chi connectivity index (χ4n) is 3.19. The molecule has 0 bridgehead atoms. The molecule has 0 spiro atoms. The first kappa shape index (κ1) is 16.3. The molecule has 1 unspecified atom stereocenters. The van der Waals surface area contributed by atoms with Gasteiger partial charge >= 0.3 is 6.03 Å². The fourth-order valence-corrected chi connectivity index (χ4v) is 3.19. The summed E-state index contributed by atoms with van der Waals surface area (Å²) in [7, 11) is 1.62. The van der Waals surface area contributed by atoms with Gasteiger partial charge in [-0.2, -0.15) is 0 Å². The van der Waals surface area contributed by atoms with Gasteiger partial charge in [-0.25, -0.2) is 4.79 Å². The van der Waals surface area contributed by atoms with Gasteiger partial charge in [-0.1, -0.05) is 18.2 Å². The van der Waals surface area contributed by atoms with Crippen LogP contribution in [0.2, 0.25) is 0 Å². The number of furan rings is 1. The van der Waals surface area contributed by atoms with Gasteiger partial charge in [-0.15, -0.1) is 0 Å². The van der Waals surface area contributed by atoms with Crippen LogP contribution >= 0.6 is 0 Å². The average molecular weight is 352 g/mol. The molecule has 1 atom stereocenters. The number of hydrogen-bond donors (Lipinski definition) is 2. The lowest BCUT2D eigenvalue weighted by Gasteiger charge is -2.27. The summed E-state index contributed by atoms with van der Waals surface area (Å²) in [6.45, 7) is 0.868. The van der Waals surface area contributed by atoms with Crippen LogP contribution in [0.5, 0.6) is 11.5 Å². The average Bonchev–Trinajstić information content (AvgIpc) is 3.13. The molecule has 2 aromatic carbocycles. The van der Waals surface area contributed by atoms with Crippen molar-refractivity contribution in [1.82, 2.24) is 10.6 Å². The van der Waals surface area contributed by atoms with Gasteiger partial charge in [-0.05, 0) is 36.2 Å². The van der Waals surface area contributed by atoms with Crippen molar-refractivity contribution in [2.24, 2.45) is 0 Å². The third-order valence-electron chi connectivity index (χ3n) is 4.48. The number of methoxy groups -OCH3 is 1. The predicted octanol–water partition coefficient (Wildman–Crippen LogP) is 3.24.